The lowest BCUT2D eigenvalue weighted by Gasteiger charge is -2.10. The van der Waals surface area contributed by atoms with E-state index in [1.54, 1.807) is 18.3 Å². The zero-order valence-electron chi connectivity index (χ0n) is 14.1. The molecule has 2 aromatic carbocycles. The fourth-order valence-electron chi connectivity index (χ4n) is 2.86. The third-order valence-electron chi connectivity index (χ3n) is 4.17. The molecule has 3 rings (SSSR count). The van der Waals surface area contributed by atoms with Crippen molar-refractivity contribution < 1.29 is 4.92 Å². The van der Waals surface area contributed by atoms with Crippen LogP contribution in [0.2, 0.25) is 0 Å². The molecule has 0 spiro atoms. The molecule has 7 heteroatoms. The minimum atomic E-state index is -0.458. The number of aromatic amines is 1. The summed E-state index contributed by atoms with van der Waals surface area (Å²) in [6, 6.07) is 14.4. The number of H-pyrrole nitrogens is 1. The van der Waals surface area contributed by atoms with Crippen LogP contribution in [-0.2, 0) is 6.54 Å². The number of aryl methyl sites for hydroxylation is 1. The molecule has 0 unspecified atom stereocenters. The molecule has 0 aliphatic heterocycles. The fourth-order valence-corrected chi connectivity index (χ4v) is 2.86. The van der Waals surface area contributed by atoms with Crippen molar-refractivity contribution in [2.45, 2.75) is 13.5 Å². The molecule has 1 aromatic heterocycles. The number of nitrogens with zero attached hydrogens (tertiary/aromatic N) is 2. The number of nitro benzene ring substituents is 1. The highest BCUT2D eigenvalue weighted by Crippen LogP contribution is 2.31. The van der Waals surface area contributed by atoms with Gasteiger partial charge in [-0.25, -0.2) is 0 Å². The number of hydrogen-bond acceptors (Lipinski definition) is 5. The van der Waals surface area contributed by atoms with Crippen LogP contribution in [-0.4, -0.2) is 9.91 Å². The minimum Gasteiger partial charge on any atom is -0.397 e. The van der Waals surface area contributed by atoms with Gasteiger partial charge in [0.15, 0.2) is 0 Å². The van der Waals surface area contributed by atoms with Gasteiger partial charge in [-0.05, 0) is 29.7 Å². The molecule has 7 nitrogen and oxygen atoms in total. The third-order valence-corrected chi connectivity index (χ3v) is 4.17. The molecule has 0 bridgehead atoms. The number of nitrogens with one attached hydrogen (secondary N) is 2. The second kappa shape index (κ2) is 6.99. The van der Waals surface area contributed by atoms with E-state index in [1.165, 1.54) is 6.07 Å². The Morgan fingerprint density at radius 2 is 2.00 bits per heavy atom. The largest absolute Gasteiger partial charge is 0.397 e. The van der Waals surface area contributed by atoms with Crippen LogP contribution in [0.1, 0.15) is 16.8 Å². The Labute approximate surface area is 150 Å². The molecule has 1 heterocycles. The number of nitrogens with two attached hydrogens (primary N) is 1. The van der Waals surface area contributed by atoms with Crippen LogP contribution in [0.25, 0.3) is 11.1 Å². The normalized spacial score (nSPS) is 10.3. The monoisotopic (exact) mass is 347 g/mol. The van der Waals surface area contributed by atoms with Crippen molar-refractivity contribution >= 4 is 17.1 Å². The van der Waals surface area contributed by atoms with Gasteiger partial charge in [0.2, 0.25) is 0 Å². The average Bonchev–Trinajstić information content (AvgIpc) is 3.01. The van der Waals surface area contributed by atoms with Crippen molar-refractivity contribution in [3.63, 3.8) is 0 Å². The van der Waals surface area contributed by atoms with Crippen molar-refractivity contribution in [3.05, 3.63) is 75.6 Å². The predicted molar refractivity (Wildman–Crippen MR) is 101 cm³/mol. The van der Waals surface area contributed by atoms with Crippen LogP contribution in [0.3, 0.4) is 0 Å². The predicted octanol–water partition coefficient (Wildman–Crippen LogP) is 3.96. The molecule has 3 aromatic rings. The highest BCUT2D eigenvalue weighted by atomic mass is 16.6. The van der Waals surface area contributed by atoms with Gasteiger partial charge >= 0.3 is 0 Å². The van der Waals surface area contributed by atoms with Gasteiger partial charge in [0.05, 0.1) is 10.6 Å². The molecule has 0 saturated carbocycles. The van der Waals surface area contributed by atoms with Crippen LogP contribution in [0.5, 0.6) is 0 Å². The Morgan fingerprint density at radius 1 is 1.27 bits per heavy atom. The summed E-state index contributed by atoms with van der Waals surface area (Å²) < 4.78 is 0. The van der Waals surface area contributed by atoms with E-state index in [2.05, 4.69) is 16.4 Å². The number of benzene rings is 2. The first-order valence-electron chi connectivity index (χ1n) is 7.95. The van der Waals surface area contributed by atoms with Crippen LogP contribution in [0, 0.1) is 28.4 Å². The molecule has 0 fully saturated rings. The number of nitriles is 1. The van der Waals surface area contributed by atoms with Crippen LogP contribution >= 0.6 is 0 Å². The molecule has 4 N–H and O–H groups in total. The van der Waals surface area contributed by atoms with Crippen molar-refractivity contribution in [3.8, 4) is 17.2 Å². The standard InChI is InChI=1S/C19H17N5O2/c1-12-10-22-16(9-20)18(12)14-7-5-13(6-8-14)11-23-19-15(21)3-2-4-17(19)24(25)26/h2-8,10,22-23H,11,21H2,1H3. The molecule has 0 radical (unpaired) electrons. The van der Waals surface area contributed by atoms with Gasteiger partial charge in [0, 0.05) is 24.4 Å². The van der Waals surface area contributed by atoms with Crippen molar-refractivity contribution in [2.75, 3.05) is 11.1 Å². The van der Waals surface area contributed by atoms with E-state index in [4.69, 9.17) is 5.73 Å². The van der Waals surface area contributed by atoms with Crippen LogP contribution in [0.15, 0.2) is 48.7 Å². The second-order valence-corrected chi connectivity index (χ2v) is 5.88. The highest BCUT2D eigenvalue weighted by molar-refractivity contribution is 5.77. The molecule has 0 amide bonds. The van der Waals surface area contributed by atoms with E-state index < -0.39 is 4.92 Å². The van der Waals surface area contributed by atoms with Crippen molar-refractivity contribution in [2.24, 2.45) is 0 Å². The van der Waals surface area contributed by atoms with E-state index in [1.807, 2.05) is 31.2 Å². The number of anilines is 2. The lowest BCUT2D eigenvalue weighted by Crippen LogP contribution is -2.05. The van der Waals surface area contributed by atoms with E-state index in [0.29, 0.717) is 23.6 Å². The van der Waals surface area contributed by atoms with E-state index >= 15 is 0 Å². The van der Waals surface area contributed by atoms with Gasteiger partial charge in [-0.3, -0.25) is 10.1 Å². The summed E-state index contributed by atoms with van der Waals surface area (Å²) in [5.41, 5.74) is 10.7. The summed E-state index contributed by atoms with van der Waals surface area (Å²) in [5, 5.41) is 23.4. The summed E-state index contributed by atoms with van der Waals surface area (Å²) in [4.78, 5) is 13.6. The number of rotatable bonds is 5. The molecular formula is C19H17N5O2. The van der Waals surface area contributed by atoms with E-state index in [0.717, 1.165) is 22.3 Å². The molecule has 0 aliphatic rings. The molecule has 0 saturated heterocycles. The lowest BCUT2D eigenvalue weighted by molar-refractivity contribution is -0.383. The third kappa shape index (κ3) is 3.21. The number of aromatic nitrogens is 1. The summed E-state index contributed by atoms with van der Waals surface area (Å²) in [6.45, 7) is 2.34. The Morgan fingerprint density at radius 3 is 2.65 bits per heavy atom. The zero-order valence-corrected chi connectivity index (χ0v) is 14.1. The summed E-state index contributed by atoms with van der Waals surface area (Å²) >= 11 is 0. The zero-order chi connectivity index (χ0) is 18.7. The molecular weight excluding hydrogens is 330 g/mol. The first kappa shape index (κ1) is 17.0. The Bertz CT molecular complexity index is 1000. The average molecular weight is 347 g/mol. The van der Waals surface area contributed by atoms with Gasteiger partial charge in [0.25, 0.3) is 5.69 Å². The number of para-hydroxylation sites is 1. The maximum absolute atomic E-state index is 11.1. The molecule has 0 atom stereocenters. The van der Waals surface area contributed by atoms with Crippen molar-refractivity contribution in [1.82, 2.24) is 4.98 Å². The molecule has 0 aliphatic carbocycles. The number of nitrogen functional groups attached to an aromatic ring is 1. The minimum absolute atomic E-state index is 0.0526. The lowest BCUT2D eigenvalue weighted by atomic mass is 10.0. The molecule has 130 valence electrons. The first-order chi connectivity index (χ1) is 12.5. The first-order valence-corrected chi connectivity index (χ1v) is 7.95. The summed E-state index contributed by atoms with van der Waals surface area (Å²) in [6.07, 6.45) is 1.81. The van der Waals surface area contributed by atoms with E-state index in [9.17, 15) is 15.4 Å². The maximum Gasteiger partial charge on any atom is 0.294 e. The number of hydrogen-bond donors (Lipinski definition) is 3. The van der Waals surface area contributed by atoms with Gasteiger partial charge < -0.3 is 16.0 Å². The van der Waals surface area contributed by atoms with Gasteiger partial charge in [-0.2, -0.15) is 5.26 Å². The number of nitro groups is 1. The Balaban J connectivity index is 1.81. The molecule has 26 heavy (non-hydrogen) atoms. The van der Waals surface area contributed by atoms with Gasteiger partial charge in [-0.15, -0.1) is 0 Å². The Kier molecular flexibility index (Phi) is 4.58. The fraction of sp³-hybridized carbons (Fsp3) is 0.105. The summed E-state index contributed by atoms with van der Waals surface area (Å²) in [7, 11) is 0. The Hall–Kier alpha value is -3.79. The van der Waals surface area contributed by atoms with Crippen molar-refractivity contribution in [1.29, 1.82) is 5.26 Å². The smallest absolute Gasteiger partial charge is 0.294 e. The topological polar surface area (TPSA) is 121 Å². The maximum atomic E-state index is 11.1. The second-order valence-electron chi connectivity index (χ2n) is 5.88. The quantitative estimate of drug-likeness (QED) is 0.366. The van der Waals surface area contributed by atoms with Crippen LogP contribution in [0.4, 0.5) is 17.1 Å². The van der Waals surface area contributed by atoms with Gasteiger partial charge in [0.1, 0.15) is 17.5 Å². The van der Waals surface area contributed by atoms with E-state index in [-0.39, 0.29) is 5.69 Å². The SMILES string of the molecule is Cc1c[nH]c(C#N)c1-c1ccc(CNc2c(N)cccc2[N+](=O)[O-])cc1. The van der Waals surface area contributed by atoms with Crippen LogP contribution < -0.4 is 11.1 Å². The van der Waals surface area contributed by atoms with Gasteiger partial charge in [-0.1, -0.05) is 30.3 Å². The summed E-state index contributed by atoms with van der Waals surface area (Å²) in [5.74, 6) is 0. The highest BCUT2D eigenvalue weighted by Gasteiger charge is 2.16.